The SMILES string of the molecule is NC1(Cc2cccc(Cl)c2)CCCCC1C1CCCCC1. The second kappa shape index (κ2) is 6.71. The summed E-state index contributed by atoms with van der Waals surface area (Å²) in [5.41, 5.74) is 8.28. The quantitative estimate of drug-likeness (QED) is 0.800. The van der Waals surface area contributed by atoms with E-state index in [2.05, 4.69) is 18.2 Å². The average molecular weight is 306 g/mol. The minimum atomic E-state index is -0.00899. The van der Waals surface area contributed by atoms with Gasteiger partial charge in [0, 0.05) is 10.6 Å². The van der Waals surface area contributed by atoms with Crippen molar-refractivity contribution in [3.05, 3.63) is 34.9 Å². The molecule has 2 aliphatic rings. The standard InChI is InChI=1S/C19H28ClN/c20-17-10-6-7-15(13-17)14-19(21)12-5-4-11-18(19)16-8-2-1-3-9-16/h6-7,10,13,16,18H,1-5,8-9,11-12,14,21H2. The van der Waals surface area contributed by atoms with Crippen LogP contribution in [-0.4, -0.2) is 5.54 Å². The fourth-order valence-electron chi connectivity index (χ4n) is 4.78. The van der Waals surface area contributed by atoms with Crippen molar-refractivity contribution in [1.29, 1.82) is 0 Å². The third kappa shape index (κ3) is 3.63. The van der Waals surface area contributed by atoms with Crippen LogP contribution in [0.3, 0.4) is 0 Å². The van der Waals surface area contributed by atoms with E-state index in [-0.39, 0.29) is 5.54 Å². The molecule has 2 atom stereocenters. The van der Waals surface area contributed by atoms with Crippen molar-refractivity contribution in [3.8, 4) is 0 Å². The first kappa shape index (κ1) is 15.4. The minimum Gasteiger partial charge on any atom is -0.325 e. The van der Waals surface area contributed by atoms with Crippen LogP contribution in [0.1, 0.15) is 63.4 Å². The molecular weight excluding hydrogens is 278 g/mol. The van der Waals surface area contributed by atoms with Crippen molar-refractivity contribution in [3.63, 3.8) is 0 Å². The van der Waals surface area contributed by atoms with E-state index < -0.39 is 0 Å². The molecular formula is C19H28ClN. The Morgan fingerprint density at radius 2 is 1.81 bits per heavy atom. The molecule has 3 rings (SSSR count). The molecule has 2 unspecified atom stereocenters. The van der Waals surface area contributed by atoms with Gasteiger partial charge in [0.25, 0.3) is 0 Å². The molecule has 1 aromatic carbocycles. The molecule has 2 heteroatoms. The minimum absolute atomic E-state index is 0.00899. The van der Waals surface area contributed by atoms with Crippen LogP contribution in [0.4, 0.5) is 0 Å². The number of halogens is 1. The molecule has 0 aromatic heterocycles. The summed E-state index contributed by atoms with van der Waals surface area (Å²) in [6.45, 7) is 0. The van der Waals surface area contributed by atoms with E-state index in [9.17, 15) is 0 Å². The second-order valence-electron chi connectivity index (χ2n) is 7.29. The van der Waals surface area contributed by atoms with Gasteiger partial charge in [0.15, 0.2) is 0 Å². The van der Waals surface area contributed by atoms with Crippen LogP contribution in [0.5, 0.6) is 0 Å². The van der Waals surface area contributed by atoms with Gasteiger partial charge in [0.05, 0.1) is 0 Å². The molecule has 0 radical (unpaired) electrons. The zero-order valence-corrected chi connectivity index (χ0v) is 13.7. The molecule has 2 fully saturated rings. The summed E-state index contributed by atoms with van der Waals surface area (Å²) in [6.07, 6.45) is 13.2. The normalized spacial score (nSPS) is 31.2. The maximum absolute atomic E-state index is 6.97. The van der Waals surface area contributed by atoms with E-state index in [0.717, 1.165) is 17.4 Å². The predicted molar refractivity (Wildman–Crippen MR) is 90.6 cm³/mol. The first-order valence-corrected chi connectivity index (χ1v) is 9.08. The molecule has 1 aromatic rings. The van der Waals surface area contributed by atoms with E-state index in [1.807, 2.05) is 6.07 Å². The maximum atomic E-state index is 6.97. The lowest BCUT2D eigenvalue weighted by Gasteiger charge is -2.46. The highest BCUT2D eigenvalue weighted by molar-refractivity contribution is 6.30. The third-order valence-electron chi connectivity index (χ3n) is 5.79. The Labute approximate surface area is 134 Å². The molecule has 0 bridgehead atoms. The lowest BCUT2D eigenvalue weighted by atomic mass is 9.62. The lowest BCUT2D eigenvalue weighted by Crippen LogP contribution is -2.53. The summed E-state index contributed by atoms with van der Waals surface area (Å²) in [7, 11) is 0. The molecule has 116 valence electrons. The molecule has 2 aliphatic carbocycles. The smallest absolute Gasteiger partial charge is 0.0408 e. The van der Waals surface area contributed by atoms with Crippen molar-refractivity contribution in [1.82, 2.24) is 0 Å². The van der Waals surface area contributed by atoms with Gasteiger partial charge < -0.3 is 5.73 Å². The predicted octanol–water partition coefficient (Wildman–Crippen LogP) is 5.35. The van der Waals surface area contributed by atoms with Crippen LogP contribution in [0.25, 0.3) is 0 Å². The van der Waals surface area contributed by atoms with E-state index in [4.69, 9.17) is 17.3 Å². The van der Waals surface area contributed by atoms with Gasteiger partial charge in [-0.25, -0.2) is 0 Å². The number of hydrogen-bond acceptors (Lipinski definition) is 1. The van der Waals surface area contributed by atoms with Crippen LogP contribution >= 0.6 is 11.6 Å². The van der Waals surface area contributed by atoms with Crippen LogP contribution < -0.4 is 5.73 Å². The summed E-state index contributed by atoms with van der Waals surface area (Å²) < 4.78 is 0. The summed E-state index contributed by atoms with van der Waals surface area (Å²) in [5.74, 6) is 1.58. The Morgan fingerprint density at radius 3 is 2.57 bits per heavy atom. The highest BCUT2D eigenvalue weighted by Crippen LogP contribution is 2.44. The first-order valence-electron chi connectivity index (χ1n) is 8.71. The monoisotopic (exact) mass is 305 g/mol. The summed E-state index contributed by atoms with van der Waals surface area (Å²) in [6, 6.07) is 8.29. The topological polar surface area (TPSA) is 26.0 Å². The third-order valence-corrected chi connectivity index (χ3v) is 6.02. The van der Waals surface area contributed by atoms with Crippen LogP contribution in [-0.2, 0) is 6.42 Å². The van der Waals surface area contributed by atoms with Gasteiger partial charge in [0.2, 0.25) is 0 Å². The fourth-order valence-corrected chi connectivity index (χ4v) is 4.99. The van der Waals surface area contributed by atoms with Crippen molar-refractivity contribution in [2.24, 2.45) is 17.6 Å². The zero-order chi connectivity index (χ0) is 14.7. The highest BCUT2D eigenvalue weighted by atomic mass is 35.5. The number of rotatable bonds is 3. The fraction of sp³-hybridized carbons (Fsp3) is 0.684. The summed E-state index contributed by atoms with van der Waals surface area (Å²) in [5, 5.41) is 0.834. The van der Waals surface area contributed by atoms with Gasteiger partial charge in [0.1, 0.15) is 0 Å². The number of benzene rings is 1. The van der Waals surface area contributed by atoms with Crippen LogP contribution in [0.15, 0.2) is 24.3 Å². The highest BCUT2D eigenvalue weighted by Gasteiger charge is 2.41. The molecule has 0 heterocycles. The van der Waals surface area contributed by atoms with Crippen molar-refractivity contribution >= 4 is 11.6 Å². The van der Waals surface area contributed by atoms with Gasteiger partial charge in [-0.3, -0.25) is 0 Å². The Balaban J connectivity index is 1.77. The summed E-state index contributed by atoms with van der Waals surface area (Å²) >= 11 is 6.15. The molecule has 0 amide bonds. The van der Waals surface area contributed by atoms with Gasteiger partial charge in [-0.05, 0) is 48.8 Å². The molecule has 0 aliphatic heterocycles. The van der Waals surface area contributed by atoms with E-state index >= 15 is 0 Å². The van der Waals surface area contributed by atoms with Crippen LogP contribution in [0, 0.1) is 11.8 Å². The molecule has 21 heavy (non-hydrogen) atoms. The average Bonchev–Trinajstić information content (AvgIpc) is 2.48. The van der Waals surface area contributed by atoms with Crippen molar-refractivity contribution in [2.45, 2.75) is 69.7 Å². The molecule has 1 nitrogen and oxygen atoms in total. The maximum Gasteiger partial charge on any atom is 0.0408 e. The molecule has 2 N–H and O–H groups in total. The zero-order valence-electron chi connectivity index (χ0n) is 13.0. The van der Waals surface area contributed by atoms with Gasteiger partial charge in [-0.2, -0.15) is 0 Å². The molecule has 2 saturated carbocycles. The Bertz CT molecular complexity index is 466. The van der Waals surface area contributed by atoms with Gasteiger partial charge >= 0.3 is 0 Å². The Hall–Kier alpha value is -0.530. The second-order valence-corrected chi connectivity index (χ2v) is 7.73. The molecule has 0 spiro atoms. The number of hydrogen-bond donors (Lipinski definition) is 1. The lowest BCUT2D eigenvalue weighted by molar-refractivity contribution is 0.0995. The van der Waals surface area contributed by atoms with Gasteiger partial charge in [-0.15, -0.1) is 0 Å². The van der Waals surface area contributed by atoms with E-state index in [1.54, 1.807) is 0 Å². The first-order chi connectivity index (χ1) is 10.2. The van der Waals surface area contributed by atoms with Crippen LogP contribution in [0.2, 0.25) is 5.02 Å². The Kier molecular flexibility index (Phi) is 4.91. The van der Waals surface area contributed by atoms with Crippen molar-refractivity contribution < 1.29 is 0 Å². The van der Waals surface area contributed by atoms with Gasteiger partial charge in [-0.1, -0.05) is 68.7 Å². The Morgan fingerprint density at radius 1 is 1.05 bits per heavy atom. The van der Waals surface area contributed by atoms with E-state index in [1.165, 1.54) is 63.4 Å². The summed E-state index contributed by atoms with van der Waals surface area (Å²) in [4.78, 5) is 0. The largest absolute Gasteiger partial charge is 0.325 e. The number of nitrogens with two attached hydrogens (primary N) is 1. The van der Waals surface area contributed by atoms with Crippen molar-refractivity contribution in [2.75, 3.05) is 0 Å². The van der Waals surface area contributed by atoms with E-state index in [0.29, 0.717) is 5.92 Å². The molecule has 0 saturated heterocycles.